The van der Waals surface area contributed by atoms with Crippen LogP contribution in [0.15, 0.2) is 0 Å². The normalized spacial score (nSPS) is 20.5. The van der Waals surface area contributed by atoms with E-state index in [4.69, 9.17) is 5.11 Å². The van der Waals surface area contributed by atoms with Crippen molar-refractivity contribution in [2.45, 2.75) is 24.9 Å². The second-order valence-electron chi connectivity index (χ2n) is 1.93. The predicted octanol–water partition coefficient (Wildman–Crippen LogP) is -1.63. The quantitative estimate of drug-likeness (QED) is 0.429. The number of hydrogen-bond acceptors (Lipinski definition) is 1. The first-order valence-corrected chi connectivity index (χ1v) is 2.81. The van der Waals surface area contributed by atoms with Crippen LogP contribution in [-0.2, 0) is 0 Å². The summed E-state index contributed by atoms with van der Waals surface area (Å²) in [6, 6.07) is 0. The number of halogens is 5. The maximum absolute atomic E-state index is 12.1. The molecule has 4 unspecified atom stereocenters. The molecule has 7 heteroatoms. The fourth-order valence-corrected chi connectivity index (χ4v) is 0.436. The molecule has 70 valence electrons. The molecule has 0 aliphatic heterocycles. The third-order valence-corrected chi connectivity index (χ3v) is 1.06. The number of hydrogen-bond donors (Lipinski definition) is 1. The van der Waals surface area contributed by atoms with Gasteiger partial charge in [0, 0.05) is 0 Å². The van der Waals surface area contributed by atoms with Crippen LogP contribution >= 0.6 is 0 Å². The van der Waals surface area contributed by atoms with Crippen LogP contribution in [0.1, 0.15) is 1.43 Å². The molecule has 0 aromatic carbocycles. The van der Waals surface area contributed by atoms with E-state index in [1.54, 1.807) is 0 Å². The van der Waals surface area contributed by atoms with Crippen LogP contribution in [0.2, 0.25) is 0 Å². The maximum Gasteiger partial charge on any atom is 1.00 e. The minimum atomic E-state index is -3.12. The molecule has 0 spiro atoms. The largest absolute Gasteiger partial charge is 1.00 e. The van der Waals surface area contributed by atoms with Gasteiger partial charge in [0.05, 0.1) is 0 Å². The Morgan fingerprint density at radius 1 is 1.08 bits per heavy atom. The van der Waals surface area contributed by atoms with Gasteiger partial charge in [-0.05, 0) is 0 Å². The Morgan fingerprint density at radius 2 is 1.50 bits per heavy atom. The molecule has 0 saturated heterocycles. The molecule has 12 heavy (non-hydrogen) atoms. The van der Waals surface area contributed by atoms with Gasteiger partial charge < -0.3 is 6.53 Å². The fourth-order valence-electron chi connectivity index (χ4n) is 0.436. The van der Waals surface area contributed by atoms with Gasteiger partial charge in [-0.25, -0.2) is 22.0 Å². The van der Waals surface area contributed by atoms with Crippen LogP contribution in [0.4, 0.5) is 22.0 Å². The van der Waals surface area contributed by atoms with E-state index in [1.807, 2.05) is 0 Å². The minimum absolute atomic E-state index is 0. The maximum atomic E-state index is 12.1. The molecule has 0 saturated carbocycles. The number of aliphatic hydroxyl groups is 1. The summed E-state index contributed by atoms with van der Waals surface area (Å²) in [5, 5.41) is 7.76. The van der Waals surface area contributed by atoms with Crippen LogP contribution in [0, 0.1) is 0 Å². The van der Waals surface area contributed by atoms with Crippen molar-refractivity contribution in [2.75, 3.05) is 6.67 Å². The van der Waals surface area contributed by atoms with E-state index >= 15 is 0 Å². The van der Waals surface area contributed by atoms with Crippen LogP contribution < -0.4 is 29.6 Å². The van der Waals surface area contributed by atoms with Gasteiger partial charge in [0.2, 0.25) is 6.36 Å². The first kappa shape index (κ1) is 15.1. The van der Waals surface area contributed by atoms with Crippen molar-refractivity contribution in [1.29, 1.82) is 0 Å². The molecule has 0 amide bonds. The van der Waals surface area contributed by atoms with Crippen molar-refractivity contribution in [3.63, 3.8) is 0 Å². The van der Waals surface area contributed by atoms with Crippen molar-refractivity contribution < 1.29 is 58.0 Å². The summed E-state index contributed by atoms with van der Waals surface area (Å²) in [7, 11) is 0. The van der Waals surface area contributed by atoms with Crippen molar-refractivity contribution in [2.24, 2.45) is 0 Å². The predicted molar refractivity (Wildman–Crippen MR) is 28.9 cm³/mol. The standard InChI is InChI=1S/C5H7F5O.Na.H/c6-1-2(7)3(8)4(9)5(10)11;;/h2-5,11H,1H2;;/q;+1;-1. The summed E-state index contributed by atoms with van der Waals surface area (Å²) in [6.45, 7) is -1.74. The molecule has 1 nitrogen and oxygen atoms in total. The monoisotopic (exact) mass is 202 g/mol. The summed E-state index contributed by atoms with van der Waals surface area (Å²) in [5.74, 6) is 0. The Labute approximate surface area is 89.7 Å². The topological polar surface area (TPSA) is 20.2 Å². The van der Waals surface area contributed by atoms with E-state index < -0.39 is 31.5 Å². The molecule has 1 N–H and O–H groups in total. The zero-order valence-corrected chi connectivity index (χ0v) is 8.35. The summed E-state index contributed by atoms with van der Waals surface area (Å²) in [5.41, 5.74) is 0. The Kier molecular flexibility index (Phi) is 8.88. The van der Waals surface area contributed by atoms with Gasteiger partial charge in [0.25, 0.3) is 0 Å². The van der Waals surface area contributed by atoms with Gasteiger partial charge in [0.15, 0.2) is 18.5 Å². The van der Waals surface area contributed by atoms with E-state index in [1.165, 1.54) is 0 Å². The molecule has 4 atom stereocenters. The Hall–Kier alpha value is 0.610. The molecule has 0 aliphatic carbocycles. The van der Waals surface area contributed by atoms with Crippen LogP contribution in [-0.4, -0.2) is 36.7 Å². The molecule has 0 aromatic heterocycles. The van der Waals surface area contributed by atoms with Crippen LogP contribution in [0.5, 0.6) is 0 Å². The van der Waals surface area contributed by atoms with Gasteiger partial charge in [-0.2, -0.15) is 0 Å². The number of rotatable bonds is 4. The van der Waals surface area contributed by atoms with Crippen molar-refractivity contribution in [3.8, 4) is 0 Å². The average Bonchev–Trinajstić information content (AvgIpc) is 2.00. The summed E-state index contributed by atoms with van der Waals surface area (Å²) < 4.78 is 58.6. The van der Waals surface area contributed by atoms with Crippen molar-refractivity contribution >= 4 is 0 Å². The molecular weight excluding hydrogens is 194 g/mol. The number of alkyl halides is 5. The van der Waals surface area contributed by atoms with Gasteiger partial charge in [-0.1, -0.05) is 0 Å². The Balaban J connectivity index is -0.000000500. The van der Waals surface area contributed by atoms with Crippen LogP contribution in [0.3, 0.4) is 0 Å². The van der Waals surface area contributed by atoms with E-state index in [0.29, 0.717) is 0 Å². The van der Waals surface area contributed by atoms with Gasteiger partial charge in [-0.3, -0.25) is 0 Å². The zero-order chi connectivity index (χ0) is 9.02. The average molecular weight is 202 g/mol. The smallest absolute Gasteiger partial charge is 1.00 e. The molecule has 0 fully saturated rings. The fraction of sp³-hybridized carbons (Fsp3) is 1.00. The van der Waals surface area contributed by atoms with Crippen LogP contribution in [0.25, 0.3) is 0 Å². The first-order valence-electron chi connectivity index (χ1n) is 2.81. The molecule has 0 rings (SSSR count). The third-order valence-electron chi connectivity index (χ3n) is 1.06. The van der Waals surface area contributed by atoms with E-state index in [2.05, 4.69) is 0 Å². The van der Waals surface area contributed by atoms with Gasteiger partial charge in [0.1, 0.15) is 6.67 Å². The molecule has 0 bridgehead atoms. The molecular formula is C5H8F5NaO. The van der Waals surface area contributed by atoms with Crippen molar-refractivity contribution in [1.82, 2.24) is 0 Å². The third kappa shape index (κ3) is 4.59. The van der Waals surface area contributed by atoms with Gasteiger partial charge >= 0.3 is 29.6 Å². The number of aliphatic hydroxyl groups excluding tert-OH is 1. The van der Waals surface area contributed by atoms with Crippen molar-refractivity contribution in [3.05, 3.63) is 0 Å². The summed E-state index contributed by atoms with van der Waals surface area (Å²) in [4.78, 5) is 0. The zero-order valence-electron chi connectivity index (χ0n) is 7.35. The summed E-state index contributed by atoms with van der Waals surface area (Å²) >= 11 is 0. The second-order valence-corrected chi connectivity index (χ2v) is 1.93. The van der Waals surface area contributed by atoms with E-state index in [-0.39, 0.29) is 31.0 Å². The molecule has 0 radical (unpaired) electrons. The van der Waals surface area contributed by atoms with Gasteiger partial charge in [-0.15, -0.1) is 0 Å². The second kappa shape index (κ2) is 7.06. The molecule has 0 aromatic rings. The van der Waals surface area contributed by atoms with E-state index in [9.17, 15) is 22.0 Å². The Bertz CT molecular complexity index is 119. The first-order chi connectivity index (χ1) is 5.00. The molecule has 0 heterocycles. The minimum Gasteiger partial charge on any atom is -1.00 e. The summed E-state index contributed by atoms with van der Waals surface area (Å²) in [6.07, 6.45) is -11.8. The van der Waals surface area contributed by atoms with E-state index in [0.717, 1.165) is 0 Å². The Morgan fingerprint density at radius 3 is 1.75 bits per heavy atom. The molecule has 0 aliphatic rings. The SMILES string of the molecule is OC(F)C(F)C(F)C(F)CF.[H-].[Na+].